The average Bonchev–Trinajstić information content (AvgIpc) is 2.43. The number of methoxy groups -OCH3 is 2. The van der Waals surface area contributed by atoms with Crippen LogP contribution in [0, 0.1) is 5.82 Å². The van der Waals surface area contributed by atoms with Crippen molar-refractivity contribution in [3.05, 3.63) is 17.9 Å². The Bertz CT molecular complexity index is 631. The first kappa shape index (κ1) is 17.2. The summed E-state index contributed by atoms with van der Waals surface area (Å²) in [5, 5.41) is 8.87. The van der Waals surface area contributed by atoms with Gasteiger partial charge < -0.3 is 14.6 Å². The Labute approximate surface area is 121 Å². The minimum Gasteiger partial charge on any atom is -0.493 e. The maximum atomic E-state index is 13.9. The predicted molar refractivity (Wildman–Crippen MR) is 71.5 cm³/mol. The van der Waals surface area contributed by atoms with Crippen molar-refractivity contribution in [3.63, 3.8) is 0 Å². The number of sulfonamides is 1. The molecule has 0 spiro atoms. The highest BCUT2D eigenvalue weighted by Gasteiger charge is 2.27. The molecule has 118 valence electrons. The molecule has 0 bridgehead atoms. The van der Waals surface area contributed by atoms with Gasteiger partial charge in [-0.05, 0) is 6.42 Å². The molecule has 0 aliphatic rings. The molecule has 2 N–H and O–H groups in total. The van der Waals surface area contributed by atoms with E-state index in [-0.39, 0.29) is 17.9 Å². The standard InChI is InChI=1S/C12H16FNO6S/c1-4-8(12(15)16)14-21(17,18)11-6-10(20-3)9(19-2)5-7(11)13/h5-6,8,14H,4H2,1-3H3,(H,15,16)/t8-/m0/s1. The second-order valence-electron chi connectivity index (χ2n) is 4.06. The summed E-state index contributed by atoms with van der Waals surface area (Å²) in [5.41, 5.74) is 0. The smallest absolute Gasteiger partial charge is 0.321 e. The number of ether oxygens (including phenoxy) is 2. The number of halogens is 1. The van der Waals surface area contributed by atoms with E-state index in [1.165, 1.54) is 21.1 Å². The molecular weight excluding hydrogens is 305 g/mol. The van der Waals surface area contributed by atoms with Crippen LogP contribution in [0.5, 0.6) is 11.5 Å². The molecule has 0 aromatic heterocycles. The number of benzene rings is 1. The minimum absolute atomic E-state index is 0.0163. The van der Waals surface area contributed by atoms with E-state index < -0.39 is 32.7 Å². The fraction of sp³-hybridized carbons (Fsp3) is 0.417. The molecule has 7 nitrogen and oxygen atoms in total. The highest BCUT2D eigenvalue weighted by Crippen LogP contribution is 2.31. The number of carboxylic acid groups (broad SMARTS) is 1. The summed E-state index contributed by atoms with van der Waals surface area (Å²) in [5.74, 6) is -2.37. The summed E-state index contributed by atoms with van der Waals surface area (Å²) in [4.78, 5) is 10.2. The molecule has 0 aliphatic carbocycles. The van der Waals surface area contributed by atoms with E-state index in [1.54, 1.807) is 0 Å². The van der Waals surface area contributed by atoms with Crippen LogP contribution in [0.4, 0.5) is 4.39 Å². The fourth-order valence-corrected chi connectivity index (χ4v) is 2.95. The van der Waals surface area contributed by atoms with Crippen LogP contribution in [0.15, 0.2) is 17.0 Å². The Morgan fingerprint density at radius 1 is 1.33 bits per heavy atom. The molecule has 21 heavy (non-hydrogen) atoms. The van der Waals surface area contributed by atoms with E-state index in [2.05, 4.69) is 0 Å². The Morgan fingerprint density at radius 2 is 1.86 bits per heavy atom. The zero-order valence-electron chi connectivity index (χ0n) is 11.7. The van der Waals surface area contributed by atoms with E-state index in [1.807, 2.05) is 4.72 Å². The molecule has 1 rings (SSSR count). The van der Waals surface area contributed by atoms with Crippen molar-refractivity contribution in [1.29, 1.82) is 0 Å². The van der Waals surface area contributed by atoms with Crippen LogP contribution in [-0.4, -0.2) is 39.8 Å². The topological polar surface area (TPSA) is 102 Å². The molecule has 1 aromatic rings. The van der Waals surface area contributed by atoms with E-state index in [0.29, 0.717) is 0 Å². The lowest BCUT2D eigenvalue weighted by molar-refractivity contribution is -0.139. The second-order valence-corrected chi connectivity index (χ2v) is 5.74. The zero-order chi connectivity index (χ0) is 16.2. The molecule has 1 atom stereocenters. The van der Waals surface area contributed by atoms with Crippen molar-refractivity contribution >= 4 is 16.0 Å². The molecule has 0 saturated carbocycles. The Kier molecular flexibility index (Phi) is 5.50. The molecule has 0 fully saturated rings. The van der Waals surface area contributed by atoms with Gasteiger partial charge in [0.05, 0.1) is 14.2 Å². The predicted octanol–water partition coefficient (Wildman–Crippen LogP) is 0.984. The summed E-state index contributed by atoms with van der Waals surface area (Å²) in [6.45, 7) is 1.49. The monoisotopic (exact) mass is 321 g/mol. The van der Waals surface area contributed by atoms with E-state index in [0.717, 1.165) is 12.1 Å². The van der Waals surface area contributed by atoms with Crippen LogP contribution in [-0.2, 0) is 14.8 Å². The normalized spacial score (nSPS) is 12.8. The lowest BCUT2D eigenvalue weighted by atomic mass is 10.2. The lowest BCUT2D eigenvalue weighted by Gasteiger charge is -2.15. The van der Waals surface area contributed by atoms with Gasteiger partial charge in [-0.2, -0.15) is 4.72 Å². The van der Waals surface area contributed by atoms with Crippen molar-refractivity contribution in [2.24, 2.45) is 0 Å². The fourth-order valence-electron chi connectivity index (χ4n) is 1.60. The molecule has 0 amide bonds. The number of aliphatic carboxylic acids is 1. The minimum atomic E-state index is -4.35. The molecule has 0 radical (unpaired) electrons. The third-order valence-corrected chi connectivity index (χ3v) is 4.22. The Hall–Kier alpha value is -1.87. The largest absolute Gasteiger partial charge is 0.493 e. The maximum absolute atomic E-state index is 13.9. The summed E-state index contributed by atoms with van der Waals surface area (Å²) < 4.78 is 49.8. The molecule has 0 unspecified atom stereocenters. The first-order chi connectivity index (χ1) is 9.76. The van der Waals surface area contributed by atoms with Crippen molar-refractivity contribution in [1.82, 2.24) is 4.72 Å². The van der Waals surface area contributed by atoms with Crippen molar-refractivity contribution in [2.45, 2.75) is 24.3 Å². The van der Waals surface area contributed by atoms with Gasteiger partial charge in [0.1, 0.15) is 16.8 Å². The van der Waals surface area contributed by atoms with Gasteiger partial charge in [-0.3, -0.25) is 4.79 Å². The second kappa shape index (κ2) is 6.72. The molecule has 1 aromatic carbocycles. The average molecular weight is 321 g/mol. The molecule has 0 aliphatic heterocycles. The van der Waals surface area contributed by atoms with Crippen LogP contribution >= 0.6 is 0 Å². The number of carbonyl (C=O) groups is 1. The van der Waals surface area contributed by atoms with Crippen molar-refractivity contribution in [3.8, 4) is 11.5 Å². The first-order valence-electron chi connectivity index (χ1n) is 5.93. The summed E-state index contributed by atoms with van der Waals surface area (Å²) in [6, 6.07) is 0.447. The van der Waals surface area contributed by atoms with Gasteiger partial charge in [0, 0.05) is 12.1 Å². The van der Waals surface area contributed by atoms with Gasteiger partial charge in [-0.1, -0.05) is 6.92 Å². The maximum Gasteiger partial charge on any atom is 0.321 e. The van der Waals surface area contributed by atoms with Crippen LogP contribution in [0.2, 0.25) is 0 Å². The summed E-state index contributed by atoms with van der Waals surface area (Å²) >= 11 is 0. The number of rotatable bonds is 7. The molecule has 9 heteroatoms. The van der Waals surface area contributed by atoms with Gasteiger partial charge in [-0.15, -0.1) is 0 Å². The molecular formula is C12H16FNO6S. The lowest BCUT2D eigenvalue weighted by Crippen LogP contribution is -2.40. The molecule has 0 heterocycles. The highest BCUT2D eigenvalue weighted by atomic mass is 32.2. The van der Waals surface area contributed by atoms with E-state index in [9.17, 15) is 17.6 Å². The quantitative estimate of drug-likeness (QED) is 0.776. The highest BCUT2D eigenvalue weighted by molar-refractivity contribution is 7.89. The Morgan fingerprint density at radius 3 is 2.29 bits per heavy atom. The van der Waals surface area contributed by atoms with Gasteiger partial charge in [-0.25, -0.2) is 12.8 Å². The van der Waals surface area contributed by atoms with Crippen molar-refractivity contribution < 1.29 is 32.2 Å². The zero-order valence-corrected chi connectivity index (χ0v) is 12.5. The van der Waals surface area contributed by atoms with Gasteiger partial charge in [0.2, 0.25) is 10.0 Å². The first-order valence-corrected chi connectivity index (χ1v) is 7.41. The van der Waals surface area contributed by atoms with Crippen LogP contribution in [0.1, 0.15) is 13.3 Å². The summed E-state index contributed by atoms with van der Waals surface area (Å²) in [7, 11) is -1.80. The Balaban J connectivity index is 3.28. The third kappa shape index (κ3) is 3.82. The summed E-state index contributed by atoms with van der Waals surface area (Å²) in [6.07, 6.45) is 0.0173. The molecule has 0 saturated heterocycles. The third-order valence-electron chi connectivity index (χ3n) is 2.73. The number of carboxylic acids is 1. The van der Waals surface area contributed by atoms with E-state index >= 15 is 0 Å². The SMILES string of the molecule is CC[C@H](NS(=O)(=O)c1cc(OC)c(OC)cc1F)C(=O)O. The van der Waals surface area contributed by atoms with Gasteiger partial charge in [0.15, 0.2) is 11.5 Å². The van der Waals surface area contributed by atoms with Gasteiger partial charge >= 0.3 is 5.97 Å². The van der Waals surface area contributed by atoms with E-state index in [4.69, 9.17) is 14.6 Å². The number of nitrogens with one attached hydrogen (secondary N) is 1. The number of hydrogen-bond donors (Lipinski definition) is 2. The van der Waals surface area contributed by atoms with Gasteiger partial charge in [0.25, 0.3) is 0 Å². The van der Waals surface area contributed by atoms with Crippen LogP contribution in [0.3, 0.4) is 0 Å². The van der Waals surface area contributed by atoms with Crippen molar-refractivity contribution in [2.75, 3.05) is 14.2 Å². The van der Waals surface area contributed by atoms with Crippen LogP contribution in [0.25, 0.3) is 0 Å². The van der Waals surface area contributed by atoms with Crippen LogP contribution < -0.4 is 14.2 Å². The number of hydrogen-bond acceptors (Lipinski definition) is 5.